The first kappa shape index (κ1) is 15.5. The van der Waals surface area contributed by atoms with E-state index in [1.165, 1.54) is 12.1 Å². The standard InChI is InChI=1S/C17H14N2O5/c1-22-14-8-3-2-7-13(14)16-18-15(24-19-16)10-23-12-6-4-5-11(9-12)17(20)21/h2-9H,10H2,1H3,(H,20,21). The van der Waals surface area contributed by atoms with E-state index >= 15 is 0 Å². The highest BCUT2D eigenvalue weighted by Gasteiger charge is 2.13. The molecule has 0 saturated carbocycles. The van der Waals surface area contributed by atoms with Crippen LogP contribution in [0.2, 0.25) is 0 Å². The van der Waals surface area contributed by atoms with Gasteiger partial charge in [0.2, 0.25) is 5.82 Å². The van der Waals surface area contributed by atoms with Crippen molar-refractivity contribution in [1.82, 2.24) is 10.1 Å². The number of methoxy groups -OCH3 is 1. The largest absolute Gasteiger partial charge is 0.496 e. The maximum Gasteiger partial charge on any atom is 0.335 e. The monoisotopic (exact) mass is 326 g/mol. The molecule has 0 spiro atoms. The van der Waals surface area contributed by atoms with Crippen molar-refractivity contribution in [2.75, 3.05) is 7.11 Å². The molecule has 0 radical (unpaired) electrons. The molecular weight excluding hydrogens is 312 g/mol. The number of nitrogens with zero attached hydrogens (tertiary/aromatic N) is 2. The van der Waals surface area contributed by atoms with Gasteiger partial charge in [-0.2, -0.15) is 4.98 Å². The fraction of sp³-hybridized carbons (Fsp3) is 0.118. The summed E-state index contributed by atoms with van der Waals surface area (Å²) >= 11 is 0. The second kappa shape index (κ2) is 6.82. The number of para-hydroxylation sites is 1. The topological polar surface area (TPSA) is 94.7 Å². The van der Waals surface area contributed by atoms with E-state index in [4.69, 9.17) is 19.1 Å². The lowest BCUT2D eigenvalue weighted by Crippen LogP contribution is -1.99. The molecule has 1 N–H and O–H groups in total. The molecule has 3 aromatic rings. The highest BCUT2D eigenvalue weighted by molar-refractivity contribution is 5.88. The fourth-order valence-electron chi connectivity index (χ4n) is 2.12. The normalized spacial score (nSPS) is 10.4. The minimum atomic E-state index is -1.02. The molecule has 0 aliphatic carbocycles. The van der Waals surface area contributed by atoms with Crippen LogP contribution in [0.25, 0.3) is 11.4 Å². The molecule has 0 aliphatic heterocycles. The van der Waals surface area contributed by atoms with Crippen LogP contribution < -0.4 is 9.47 Å². The highest BCUT2D eigenvalue weighted by Crippen LogP contribution is 2.27. The van der Waals surface area contributed by atoms with Crippen LogP contribution >= 0.6 is 0 Å². The maximum absolute atomic E-state index is 10.9. The predicted molar refractivity (Wildman–Crippen MR) is 84.0 cm³/mol. The van der Waals surface area contributed by atoms with Gasteiger partial charge < -0.3 is 19.1 Å². The summed E-state index contributed by atoms with van der Waals surface area (Å²) in [5, 5.41) is 12.9. The third-order valence-corrected chi connectivity index (χ3v) is 3.26. The average Bonchev–Trinajstić information content (AvgIpc) is 3.09. The number of ether oxygens (including phenoxy) is 2. The number of hydrogen-bond acceptors (Lipinski definition) is 6. The first-order chi connectivity index (χ1) is 11.7. The second-order valence-corrected chi connectivity index (χ2v) is 4.83. The zero-order valence-electron chi connectivity index (χ0n) is 12.8. The molecule has 0 unspecified atom stereocenters. The number of benzene rings is 2. The van der Waals surface area contributed by atoms with Crippen LogP contribution in [0.15, 0.2) is 53.1 Å². The van der Waals surface area contributed by atoms with E-state index in [9.17, 15) is 4.79 Å². The number of carboxylic acids is 1. The van der Waals surface area contributed by atoms with Crippen LogP contribution in [0.5, 0.6) is 11.5 Å². The lowest BCUT2D eigenvalue weighted by molar-refractivity contribution is 0.0696. The Labute approximate surface area is 137 Å². The third kappa shape index (κ3) is 3.35. The van der Waals surface area contributed by atoms with Crippen molar-refractivity contribution in [2.45, 2.75) is 6.61 Å². The van der Waals surface area contributed by atoms with Crippen LogP contribution in [-0.2, 0) is 6.61 Å². The van der Waals surface area contributed by atoms with Crippen LogP contribution in [-0.4, -0.2) is 28.3 Å². The zero-order valence-corrected chi connectivity index (χ0v) is 12.8. The lowest BCUT2D eigenvalue weighted by Gasteiger charge is -2.04. The van der Waals surface area contributed by atoms with Crippen molar-refractivity contribution >= 4 is 5.97 Å². The molecule has 1 heterocycles. The summed E-state index contributed by atoms with van der Waals surface area (Å²) < 4.78 is 15.9. The smallest absolute Gasteiger partial charge is 0.335 e. The molecule has 122 valence electrons. The quantitative estimate of drug-likeness (QED) is 0.744. The summed E-state index contributed by atoms with van der Waals surface area (Å²) in [6.07, 6.45) is 0. The number of hydrogen-bond donors (Lipinski definition) is 1. The number of carboxylic acid groups (broad SMARTS) is 1. The van der Waals surface area contributed by atoms with E-state index in [0.717, 1.165) is 0 Å². The molecule has 0 bridgehead atoms. The van der Waals surface area contributed by atoms with Crippen LogP contribution in [0, 0.1) is 0 Å². The van der Waals surface area contributed by atoms with Gasteiger partial charge in [-0.15, -0.1) is 0 Å². The van der Waals surface area contributed by atoms with Gasteiger partial charge in [-0.1, -0.05) is 23.4 Å². The first-order valence-electron chi connectivity index (χ1n) is 7.09. The molecule has 0 amide bonds. The molecule has 0 aliphatic rings. The third-order valence-electron chi connectivity index (χ3n) is 3.26. The summed E-state index contributed by atoms with van der Waals surface area (Å²) in [7, 11) is 1.57. The molecule has 1 aromatic heterocycles. The Bertz CT molecular complexity index is 859. The summed E-state index contributed by atoms with van der Waals surface area (Å²) in [6.45, 7) is 0.0330. The molecular formula is C17H14N2O5. The Kier molecular flexibility index (Phi) is 4.42. The number of rotatable bonds is 6. The first-order valence-corrected chi connectivity index (χ1v) is 7.09. The predicted octanol–water partition coefficient (Wildman–Crippen LogP) is 3.02. The Morgan fingerprint density at radius 3 is 2.83 bits per heavy atom. The fourth-order valence-corrected chi connectivity index (χ4v) is 2.12. The van der Waals surface area contributed by atoms with Gasteiger partial charge in [-0.05, 0) is 30.3 Å². The summed E-state index contributed by atoms with van der Waals surface area (Å²) in [6, 6.07) is 13.5. The van der Waals surface area contributed by atoms with E-state index in [2.05, 4.69) is 10.1 Å². The SMILES string of the molecule is COc1ccccc1-c1noc(COc2cccc(C(=O)O)c2)n1. The van der Waals surface area contributed by atoms with E-state index in [1.807, 2.05) is 18.2 Å². The van der Waals surface area contributed by atoms with Gasteiger partial charge in [0, 0.05) is 0 Å². The molecule has 7 nitrogen and oxygen atoms in total. The minimum absolute atomic E-state index is 0.0330. The number of aromatic carboxylic acids is 1. The average molecular weight is 326 g/mol. The van der Waals surface area contributed by atoms with Crippen molar-refractivity contribution in [3.8, 4) is 22.9 Å². The van der Waals surface area contributed by atoms with Crippen molar-refractivity contribution in [3.05, 3.63) is 60.0 Å². The number of aromatic nitrogens is 2. The Morgan fingerprint density at radius 2 is 2.04 bits per heavy atom. The van der Waals surface area contributed by atoms with Crippen LogP contribution in [0.4, 0.5) is 0 Å². The van der Waals surface area contributed by atoms with E-state index < -0.39 is 5.97 Å². The van der Waals surface area contributed by atoms with Gasteiger partial charge in [-0.3, -0.25) is 0 Å². The van der Waals surface area contributed by atoms with Crippen LogP contribution in [0.3, 0.4) is 0 Å². The molecule has 2 aromatic carbocycles. The van der Waals surface area contributed by atoms with Crippen molar-refractivity contribution in [2.24, 2.45) is 0 Å². The van der Waals surface area contributed by atoms with Gasteiger partial charge >= 0.3 is 5.97 Å². The van der Waals surface area contributed by atoms with Crippen LogP contribution in [0.1, 0.15) is 16.2 Å². The summed E-state index contributed by atoms with van der Waals surface area (Å²) in [5.41, 5.74) is 0.857. The van der Waals surface area contributed by atoms with E-state index in [-0.39, 0.29) is 18.1 Å². The van der Waals surface area contributed by atoms with Gasteiger partial charge in [0.05, 0.1) is 18.2 Å². The van der Waals surface area contributed by atoms with Crippen molar-refractivity contribution in [1.29, 1.82) is 0 Å². The summed E-state index contributed by atoms with van der Waals surface area (Å²) in [5.74, 6) is 0.700. The minimum Gasteiger partial charge on any atom is -0.496 e. The molecule has 0 fully saturated rings. The molecule has 7 heteroatoms. The molecule has 0 saturated heterocycles. The van der Waals surface area contributed by atoms with Gasteiger partial charge in [0.25, 0.3) is 5.89 Å². The number of carbonyl (C=O) groups is 1. The Balaban J connectivity index is 1.73. The van der Waals surface area contributed by atoms with Crippen molar-refractivity contribution in [3.63, 3.8) is 0 Å². The zero-order chi connectivity index (χ0) is 16.9. The van der Waals surface area contributed by atoms with E-state index in [0.29, 0.717) is 22.9 Å². The molecule has 0 atom stereocenters. The second-order valence-electron chi connectivity index (χ2n) is 4.83. The van der Waals surface area contributed by atoms with E-state index in [1.54, 1.807) is 25.3 Å². The van der Waals surface area contributed by atoms with Gasteiger partial charge in [-0.25, -0.2) is 4.79 Å². The Hall–Kier alpha value is -3.35. The maximum atomic E-state index is 10.9. The molecule has 3 rings (SSSR count). The lowest BCUT2D eigenvalue weighted by atomic mass is 10.2. The van der Waals surface area contributed by atoms with Gasteiger partial charge in [0.1, 0.15) is 11.5 Å². The molecule has 24 heavy (non-hydrogen) atoms. The highest BCUT2D eigenvalue weighted by atomic mass is 16.5. The van der Waals surface area contributed by atoms with Crippen molar-refractivity contribution < 1.29 is 23.9 Å². The van der Waals surface area contributed by atoms with Gasteiger partial charge in [0.15, 0.2) is 6.61 Å². The Morgan fingerprint density at radius 1 is 1.21 bits per heavy atom. The summed E-state index contributed by atoms with van der Waals surface area (Å²) in [4.78, 5) is 15.2.